The van der Waals surface area contributed by atoms with Crippen LogP contribution in [0.2, 0.25) is 0 Å². The molecule has 1 N–H and O–H groups in total. The second-order valence-electron chi connectivity index (χ2n) is 8.29. The van der Waals surface area contributed by atoms with E-state index in [0.717, 1.165) is 10.8 Å². The van der Waals surface area contributed by atoms with Gasteiger partial charge >= 0.3 is 0 Å². The fourth-order valence-electron chi connectivity index (χ4n) is 2.16. The Morgan fingerprint density at radius 1 is 0.812 bits per heavy atom. The molecule has 176 valence electrons. The summed E-state index contributed by atoms with van der Waals surface area (Å²) in [5.74, 6) is 3.27. The number of rotatable bonds is 4. The molecule has 4 aromatic rings. The van der Waals surface area contributed by atoms with Gasteiger partial charge in [-0.15, -0.1) is 32.9 Å². The van der Waals surface area contributed by atoms with Gasteiger partial charge < -0.3 is 4.42 Å². The van der Waals surface area contributed by atoms with Crippen molar-refractivity contribution in [1.82, 2.24) is 25.4 Å². The summed E-state index contributed by atoms with van der Waals surface area (Å²) in [6.45, 7) is 17.0. The van der Waals surface area contributed by atoms with Gasteiger partial charge in [-0.05, 0) is 24.1 Å². The Morgan fingerprint density at radius 2 is 1.53 bits per heavy atom. The second kappa shape index (κ2) is 15.5. The third-order valence-electron chi connectivity index (χ3n) is 4.07. The van der Waals surface area contributed by atoms with E-state index in [0.29, 0.717) is 23.7 Å². The van der Waals surface area contributed by atoms with Crippen molar-refractivity contribution in [1.29, 1.82) is 0 Å². The Kier molecular flexibility index (Phi) is 13.4. The summed E-state index contributed by atoms with van der Waals surface area (Å²) in [4.78, 5) is 4.13. The van der Waals surface area contributed by atoms with Crippen molar-refractivity contribution < 1.29 is 4.42 Å². The monoisotopic (exact) mass is 475 g/mol. The summed E-state index contributed by atoms with van der Waals surface area (Å²) in [7, 11) is 0. The van der Waals surface area contributed by atoms with Crippen molar-refractivity contribution in [3.63, 3.8) is 0 Å². The highest BCUT2D eigenvalue weighted by atomic mass is 32.1. The predicted octanol–water partition coefficient (Wildman–Crippen LogP) is 7.86. The maximum Gasteiger partial charge on any atom is 0.119 e. The topological polar surface area (TPSA) is 80.5 Å². The van der Waals surface area contributed by atoms with Crippen molar-refractivity contribution >= 4 is 22.7 Å². The van der Waals surface area contributed by atoms with Crippen LogP contribution in [-0.2, 0) is 0 Å². The quantitative estimate of drug-likeness (QED) is 0.325. The predicted molar refractivity (Wildman–Crippen MR) is 136 cm³/mol. The smallest absolute Gasteiger partial charge is 0.119 e. The molecule has 0 amide bonds. The molecular formula is C24H37N5OS2. The van der Waals surface area contributed by atoms with Crippen molar-refractivity contribution in [3.05, 3.63) is 69.2 Å². The lowest BCUT2D eigenvalue weighted by molar-refractivity contribution is 0.487. The number of furan rings is 1. The molecule has 0 spiro atoms. The largest absolute Gasteiger partial charge is 0.469 e. The average molecular weight is 476 g/mol. The Morgan fingerprint density at radius 3 is 1.78 bits per heavy atom. The average Bonchev–Trinajstić information content (AvgIpc) is 3.56. The second-order valence-corrected chi connectivity index (χ2v) is 10.1. The molecule has 0 bridgehead atoms. The zero-order chi connectivity index (χ0) is 23.9. The normalized spacial score (nSPS) is 10.4. The van der Waals surface area contributed by atoms with Gasteiger partial charge in [-0.3, -0.25) is 5.10 Å². The van der Waals surface area contributed by atoms with Crippen molar-refractivity contribution in [2.24, 2.45) is 0 Å². The Hall–Kier alpha value is -2.32. The summed E-state index contributed by atoms with van der Waals surface area (Å²) >= 11 is 3.33. The summed E-state index contributed by atoms with van der Waals surface area (Å²) in [5.41, 5.74) is 2.96. The number of nitrogens with zero attached hydrogens (tertiary/aromatic N) is 4. The molecule has 0 saturated carbocycles. The van der Waals surface area contributed by atoms with Gasteiger partial charge in [-0.1, -0.05) is 55.4 Å². The fraction of sp³-hybridized carbons (Fsp3) is 0.500. The maximum atomic E-state index is 5.09. The third kappa shape index (κ3) is 11.3. The molecule has 0 fully saturated rings. The van der Waals surface area contributed by atoms with E-state index in [-0.39, 0.29) is 0 Å². The number of aromatic amines is 1. The molecule has 4 heterocycles. The molecule has 0 atom stereocenters. The molecule has 4 aromatic heterocycles. The number of aromatic nitrogens is 5. The molecule has 32 heavy (non-hydrogen) atoms. The standard InChI is InChI=1S/C7H10O.C6H10N2.C6H9NS.C5H8N2S/c1-6(2)7-4-3-5-8-7;1-5(2)6-3-4-7-8-6;1-5(2)6-7-3-4-8-6;1-4(2)5-7-6-3-8-5/h3-6H,1-2H3;3-5H,1-2H3,(H,7,8);3-5H,1-2H3;3-4H,1-2H3. The fourth-order valence-corrected chi connectivity index (χ4v) is 3.38. The first kappa shape index (κ1) is 27.7. The van der Waals surface area contributed by atoms with E-state index in [4.69, 9.17) is 4.42 Å². The van der Waals surface area contributed by atoms with E-state index >= 15 is 0 Å². The minimum absolute atomic E-state index is 0.519. The number of thiazole rings is 1. The van der Waals surface area contributed by atoms with Crippen LogP contribution in [0, 0.1) is 0 Å². The SMILES string of the molecule is CC(C)c1ccco1.CC(C)c1ccn[nH]1.CC(C)c1nccs1.CC(C)c1nncs1. The molecule has 0 saturated heterocycles. The highest BCUT2D eigenvalue weighted by Crippen LogP contribution is 2.15. The van der Waals surface area contributed by atoms with Gasteiger partial charge in [0.25, 0.3) is 0 Å². The molecule has 4 rings (SSSR count). The molecule has 0 aromatic carbocycles. The van der Waals surface area contributed by atoms with Gasteiger partial charge in [-0.2, -0.15) is 5.10 Å². The molecule has 0 aliphatic heterocycles. The van der Waals surface area contributed by atoms with Gasteiger partial charge in [0.05, 0.1) is 11.3 Å². The molecule has 0 radical (unpaired) electrons. The Bertz CT molecular complexity index is 730. The van der Waals surface area contributed by atoms with Crippen LogP contribution in [0.25, 0.3) is 0 Å². The van der Waals surface area contributed by atoms with Crippen LogP contribution < -0.4 is 0 Å². The van der Waals surface area contributed by atoms with E-state index in [9.17, 15) is 0 Å². The third-order valence-corrected chi connectivity index (χ3v) is 6.14. The van der Waals surface area contributed by atoms with Crippen LogP contribution in [0.15, 0.2) is 52.2 Å². The van der Waals surface area contributed by atoms with Crippen molar-refractivity contribution in [2.75, 3.05) is 0 Å². The Labute approximate surface area is 200 Å². The van der Waals surface area contributed by atoms with Crippen LogP contribution >= 0.6 is 22.7 Å². The van der Waals surface area contributed by atoms with Crippen LogP contribution in [0.3, 0.4) is 0 Å². The van der Waals surface area contributed by atoms with E-state index in [1.807, 2.05) is 29.8 Å². The summed E-state index contributed by atoms with van der Waals surface area (Å²) in [5, 5.41) is 18.7. The van der Waals surface area contributed by atoms with Crippen LogP contribution in [0.4, 0.5) is 0 Å². The maximum absolute atomic E-state index is 5.09. The van der Waals surface area contributed by atoms with E-state index in [1.54, 1.807) is 40.6 Å². The van der Waals surface area contributed by atoms with E-state index in [1.165, 1.54) is 10.7 Å². The number of H-pyrrole nitrogens is 1. The van der Waals surface area contributed by atoms with Crippen molar-refractivity contribution in [2.45, 2.75) is 79.1 Å². The lowest BCUT2D eigenvalue weighted by Gasteiger charge is -1.95. The van der Waals surface area contributed by atoms with Crippen LogP contribution in [-0.4, -0.2) is 25.4 Å². The lowest BCUT2D eigenvalue weighted by atomic mass is 10.1. The first-order valence-corrected chi connectivity index (χ1v) is 12.7. The van der Waals surface area contributed by atoms with Gasteiger partial charge in [0.15, 0.2) is 0 Å². The van der Waals surface area contributed by atoms with Gasteiger partial charge in [0, 0.05) is 41.2 Å². The molecule has 0 aliphatic carbocycles. The summed E-state index contributed by atoms with van der Waals surface area (Å²) in [6, 6.07) is 5.89. The minimum atomic E-state index is 0.519. The lowest BCUT2D eigenvalue weighted by Crippen LogP contribution is -1.85. The van der Waals surface area contributed by atoms with Crippen LogP contribution in [0.5, 0.6) is 0 Å². The number of nitrogens with one attached hydrogen (secondary N) is 1. The van der Waals surface area contributed by atoms with E-state index < -0.39 is 0 Å². The minimum Gasteiger partial charge on any atom is -0.469 e. The van der Waals surface area contributed by atoms with Gasteiger partial charge in [0.2, 0.25) is 0 Å². The van der Waals surface area contributed by atoms with Crippen molar-refractivity contribution in [3.8, 4) is 0 Å². The number of hydrogen-bond acceptors (Lipinski definition) is 7. The summed E-state index contributed by atoms with van der Waals surface area (Å²) < 4.78 is 5.09. The van der Waals surface area contributed by atoms with E-state index in [2.05, 4.69) is 80.8 Å². The first-order valence-electron chi connectivity index (χ1n) is 10.9. The highest BCUT2D eigenvalue weighted by molar-refractivity contribution is 7.09. The van der Waals surface area contributed by atoms with Crippen LogP contribution in [0.1, 0.15) is 101 Å². The number of hydrogen-bond donors (Lipinski definition) is 1. The Balaban J connectivity index is 0.000000213. The molecule has 0 unspecified atom stereocenters. The van der Waals surface area contributed by atoms with Gasteiger partial charge in [-0.25, -0.2) is 4.98 Å². The molecule has 6 nitrogen and oxygen atoms in total. The zero-order valence-corrected chi connectivity index (χ0v) is 22.1. The summed E-state index contributed by atoms with van der Waals surface area (Å²) in [6.07, 6.45) is 5.32. The zero-order valence-electron chi connectivity index (χ0n) is 20.4. The molecule has 8 heteroatoms. The van der Waals surface area contributed by atoms with Gasteiger partial charge in [0.1, 0.15) is 16.3 Å². The molecular weight excluding hydrogens is 438 g/mol. The first-order chi connectivity index (χ1) is 15.2. The highest BCUT2D eigenvalue weighted by Gasteiger charge is 2.00. The molecule has 0 aliphatic rings.